The third-order valence-electron chi connectivity index (χ3n) is 5.59. The molecule has 5 aromatic rings. The minimum absolute atomic E-state index is 0.0668. The van der Waals surface area contributed by atoms with Gasteiger partial charge in [-0.15, -0.1) is 0 Å². The van der Waals surface area contributed by atoms with E-state index in [1.165, 1.54) is 18.0 Å². The maximum atomic E-state index is 13.5. The maximum Gasteiger partial charge on any atom is 0.278 e. The molecule has 0 bridgehead atoms. The fourth-order valence-electron chi connectivity index (χ4n) is 4.02. The van der Waals surface area contributed by atoms with E-state index in [1.54, 1.807) is 36.8 Å². The van der Waals surface area contributed by atoms with E-state index >= 15 is 0 Å². The number of ether oxygens (including phenoxy) is 2. The first-order valence-corrected chi connectivity index (χ1v) is 10.8. The number of para-hydroxylation sites is 1. The number of hydrogen-bond acceptors (Lipinski definition) is 8. The number of nitrogens with zero attached hydrogens (tertiary/aromatic N) is 5. The molecule has 3 aromatic heterocycles. The largest absolute Gasteiger partial charge is 0.497 e. The standard InChI is InChI=1S/C24H22N6O5/c1-14-26-21(35-28-14)12-29-13-25-22-16-6-4-5-7-18(16)30(23(22)24(29)32)11-20(31)27-17-10-15(33-2)8-9-19(17)34-3/h4-10,13H,11-12H2,1-3H3,(H,27,31). The normalized spacial score (nSPS) is 11.2. The van der Waals surface area contributed by atoms with E-state index in [-0.39, 0.29) is 30.4 Å². The van der Waals surface area contributed by atoms with Crippen molar-refractivity contribution in [2.24, 2.45) is 0 Å². The molecule has 1 amide bonds. The molecule has 2 aromatic carbocycles. The predicted molar refractivity (Wildman–Crippen MR) is 128 cm³/mol. The van der Waals surface area contributed by atoms with Crippen LogP contribution in [0.3, 0.4) is 0 Å². The minimum Gasteiger partial charge on any atom is -0.497 e. The molecule has 11 heteroatoms. The van der Waals surface area contributed by atoms with Crippen molar-refractivity contribution >= 4 is 33.5 Å². The highest BCUT2D eigenvalue weighted by atomic mass is 16.5. The molecule has 178 valence electrons. The molecule has 5 rings (SSSR count). The van der Waals surface area contributed by atoms with Crippen molar-refractivity contribution in [1.29, 1.82) is 0 Å². The van der Waals surface area contributed by atoms with Crippen LogP contribution in [0.25, 0.3) is 21.9 Å². The van der Waals surface area contributed by atoms with E-state index in [0.717, 1.165) is 5.39 Å². The Balaban J connectivity index is 1.56. The van der Waals surface area contributed by atoms with Gasteiger partial charge in [-0.1, -0.05) is 23.4 Å². The summed E-state index contributed by atoms with van der Waals surface area (Å²) in [6.45, 7) is 1.65. The number of nitrogens with one attached hydrogen (secondary N) is 1. The molecule has 0 saturated heterocycles. The Morgan fingerprint density at radius 1 is 1.14 bits per heavy atom. The summed E-state index contributed by atoms with van der Waals surface area (Å²) in [7, 11) is 3.06. The first-order valence-electron chi connectivity index (χ1n) is 10.8. The lowest BCUT2D eigenvalue weighted by Gasteiger charge is -2.13. The number of methoxy groups -OCH3 is 2. The third kappa shape index (κ3) is 4.07. The fraction of sp³-hybridized carbons (Fsp3) is 0.208. The summed E-state index contributed by atoms with van der Waals surface area (Å²) >= 11 is 0. The molecule has 0 unspecified atom stereocenters. The Labute approximate surface area is 198 Å². The predicted octanol–water partition coefficient (Wildman–Crippen LogP) is 2.75. The zero-order chi connectivity index (χ0) is 24.5. The Morgan fingerprint density at radius 3 is 2.71 bits per heavy atom. The quantitative estimate of drug-likeness (QED) is 0.382. The number of hydrogen-bond donors (Lipinski definition) is 1. The molecule has 0 radical (unpaired) electrons. The number of aromatic nitrogens is 5. The summed E-state index contributed by atoms with van der Waals surface area (Å²) in [5.74, 6) is 1.47. The van der Waals surface area contributed by atoms with Gasteiger partial charge < -0.3 is 23.9 Å². The maximum absolute atomic E-state index is 13.5. The lowest BCUT2D eigenvalue weighted by molar-refractivity contribution is -0.116. The Hall–Kier alpha value is -4.67. The Morgan fingerprint density at radius 2 is 1.97 bits per heavy atom. The van der Waals surface area contributed by atoms with Crippen molar-refractivity contribution < 1.29 is 18.8 Å². The van der Waals surface area contributed by atoms with Crippen LogP contribution >= 0.6 is 0 Å². The van der Waals surface area contributed by atoms with Crippen molar-refractivity contribution in [3.8, 4) is 11.5 Å². The first-order chi connectivity index (χ1) is 17.0. The molecule has 0 atom stereocenters. The Kier molecular flexibility index (Phi) is 5.65. The summed E-state index contributed by atoms with van der Waals surface area (Å²) in [5.41, 5.74) is 1.66. The van der Waals surface area contributed by atoms with Crippen molar-refractivity contribution in [1.82, 2.24) is 24.3 Å². The smallest absolute Gasteiger partial charge is 0.278 e. The summed E-state index contributed by atoms with van der Waals surface area (Å²) in [5, 5.41) is 7.39. The molecule has 1 N–H and O–H groups in total. The van der Waals surface area contributed by atoms with Gasteiger partial charge in [0.2, 0.25) is 11.8 Å². The summed E-state index contributed by atoms with van der Waals surface area (Å²) in [6, 6.07) is 12.5. The third-order valence-corrected chi connectivity index (χ3v) is 5.59. The van der Waals surface area contributed by atoms with Crippen LogP contribution in [-0.2, 0) is 17.9 Å². The molecule has 35 heavy (non-hydrogen) atoms. The highest BCUT2D eigenvalue weighted by Gasteiger charge is 2.20. The summed E-state index contributed by atoms with van der Waals surface area (Å²) in [6.07, 6.45) is 1.45. The highest BCUT2D eigenvalue weighted by molar-refractivity contribution is 6.06. The molecule has 0 aliphatic carbocycles. The molecule has 0 aliphatic rings. The van der Waals surface area contributed by atoms with Crippen LogP contribution in [0.5, 0.6) is 11.5 Å². The summed E-state index contributed by atoms with van der Waals surface area (Å²) < 4.78 is 18.8. The van der Waals surface area contributed by atoms with E-state index < -0.39 is 0 Å². The van der Waals surface area contributed by atoms with Crippen LogP contribution in [-0.4, -0.2) is 44.4 Å². The lowest BCUT2D eigenvalue weighted by atomic mass is 10.2. The van der Waals surface area contributed by atoms with Gasteiger partial charge in [-0.25, -0.2) is 4.98 Å². The van der Waals surface area contributed by atoms with Gasteiger partial charge in [-0.3, -0.25) is 14.2 Å². The van der Waals surface area contributed by atoms with Gasteiger partial charge in [0.25, 0.3) is 5.56 Å². The van der Waals surface area contributed by atoms with Crippen LogP contribution < -0.4 is 20.3 Å². The lowest BCUT2D eigenvalue weighted by Crippen LogP contribution is -2.25. The first kappa shape index (κ1) is 22.1. The Bertz CT molecular complexity index is 1620. The van der Waals surface area contributed by atoms with E-state index in [4.69, 9.17) is 14.0 Å². The van der Waals surface area contributed by atoms with Crippen LogP contribution in [0.15, 0.2) is 58.1 Å². The molecular formula is C24H22N6O5. The molecule has 3 heterocycles. The van der Waals surface area contributed by atoms with E-state index in [2.05, 4.69) is 20.4 Å². The van der Waals surface area contributed by atoms with Crippen LogP contribution in [0.4, 0.5) is 5.69 Å². The van der Waals surface area contributed by atoms with Gasteiger partial charge in [0.15, 0.2) is 5.82 Å². The second-order valence-electron chi connectivity index (χ2n) is 7.83. The second-order valence-corrected chi connectivity index (χ2v) is 7.83. The number of aryl methyl sites for hydroxylation is 1. The van der Waals surface area contributed by atoms with Crippen molar-refractivity contribution in [3.05, 3.63) is 70.9 Å². The fourth-order valence-corrected chi connectivity index (χ4v) is 4.02. The number of anilines is 1. The molecular weight excluding hydrogens is 452 g/mol. The highest BCUT2D eigenvalue weighted by Crippen LogP contribution is 2.29. The second kappa shape index (κ2) is 8.93. The van der Waals surface area contributed by atoms with Gasteiger partial charge in [0.05, 0.1) is 31.8 Å². The number of rotatable bonds is 7. The van der Waals surface area contributed by atoms with Gasteiger partial charge in [-0.2, -0.15) is 4.98 Å². The van der Waals surface area contributed by atoms with Crippen LogP contribution in [0.2, 0.25) is 0 Å². The average Bonchev–Trinajstić information content (AvgIpc) is 3.42. The van der Waals surface area contributed by atoms with E-state index in [1.807, 2.05) is 24.3 Å². The van der Waals surface area contributed by atoms with E-state index in [0.29, 0.717) is 39.6 Å². The number of amides is 1. The van der Waals surface area contributed by atoms with Gasteiger partial charge in [0, 0.05) is 11.5 Å². The van der Waals surface area contributed by atoms with E-state index in [9.17, 15) is 9.59 Å². The van der Waals surface area contributed by atoms with Crippen molar-refractivity contribution in [2.45, 2.75) is 20.0 Å². The van der Waals surface area contributed by atoms with Crippen LogP contribution in [0.1, 0.15) is 11.7 Å². The van der Waals surface area contributed by atoms with Gasteiger partial charge in [-0.05, 0) is 25.1 Å². The number of carbonyl (C=O) groups is 1. The molecule has 0 aliphatic heterocycles. The summed E-state index contributed by atoms with van der Waals surface area (Å²) in [4.78, 5) is 35.3. The monoisotopic (exact) mass is 474 g/mol. The average molecular weight is 474 g/mol. The number of benzene rings is 2. The van der Waals surface area contributed by atoms with Gasteiger partial charge >= 0.3 is 0 Å². The SMILES string of the molecule is COc1ccc(OC)c(NC(=O)Cn2c3ccccc3c3ncn(Cc4nc(C)no4)c(=O)c32)c1. The van der Waals surface area contributed by atoms with Crippen molar-refractivity contribution in [3.63, 3.8) is 0 Å². The molecule has 0 saturated carbocycles. The van der Waals surface area contributed by atoms with Crippen LogP contribution in [0, 0.1) is 6.92 Å². The molecule has 11 nitrogen and oxygen atoms in total. The molecule has 0 spiro atoms. The number of carbonyl (C=O) groups excluding carboxylic acids is 1. The van der Waals surface area contributed by atoms with Gasteiger partial charge in [0.1, 0.15) is 35.6 Å². The zero-order valence-corrected chi connectivity index (χ0v) is 19.3. The zero-order valence-electron chi connectivity index (χ0n) is 19.3. The topological polar surface area (TPSA) is 126 Å². The van der Waals surface area contributed by atoms with Crippen molar-refractivity contribution in [2.75, 3.05) is 19.5 Å². The number of fused-ring (bicyclic) bond motifs is 3. The minimum atomic E-state index is -0.346. The molecule has 0 fully saturated rings.